The number of nitrogens with one attached hydrogen (secondary N) is 1. The lowest BCUT2D eigenvalue weighted by Crippen LogP contribution is -2.49. The molecular weight excluding hydrogens is 411 g/mol. The molecule has 2 aliphatic heterocycles. The van der Waals surface area contributed by atoms with Gasteiger partial charge in [-0.2, -0.15) is 22.0 Å². The highest BCUT2D eigenvalue weighted by atomic mass is 19.4. The van der Waals surface area contributed by atoms with Gasteiger partial charge in [0.25, 0.3) is 0 Å². The maximum absolute atomic E-state index is 13.7. The van der Waals surface area contributed by atoms with Crippen molar-refractivity contribution >= 4 is 11.8 Å². The lowest BCUT2D eigenvalue weighted by Gasteiger charge is -2.39. The second-order valence-corrected chi connectivity index (χ2v) is 7.82. The summed E-state index contributed by atoms with van der Waals surface area (Å²) in [5.74, 6) is -6.29. The van der Waals surface area contributed by atoms with E-state index in [-0.39, 0.29) is 24.3 Å². The Morgan fingerprint density at radius 1 is 1.03 bits per heavy atom. The van der Waals surface area contributed by atoms with E-state index in [4.69, 9.17) is 5.11 Å². The van der Waals surface area contributed by atoms with Gasteiger partial charge in [-0.05, 0) is 37.8 Å². The summed E-state index contributed by atoms with van der Waals surface area (Å²) in [7, 11) is 0. The molecule has 2 aliphatic rings. The Bertz CT molecular complexity index is 799. The van der Waals surface area contributed by atoms with E-state index in [1.165, 1.54) is 6.07 Å². The molecule has 3 rings (SSSR count). The predicted octanol–water partition coefficient (Wildman–Crippen LogP) is 3.80. The Hall–Kier alpha value is -2.07. The van der Waals surface area contributed by atoms with Crippen molar-refractivity contribution in [3.63, 3.8) is 0 Å². The first-order valence-corrected chi connectivity index (χ1v) is 9.82. The van der Waals surface area contributed by atoms with Crippen LogP contribution in [-0.2, 0) is 4.79 Å². The van der Waals surface area contributed by atoms with Crippen LogP contribution in [0.2, 0.25) is 0 Å². The zero-order valence-corrected chi connectivity index (χ0v) is 16.1. The number of carboxylic acids is 1. The normalized spacial score (nSPS) is 26.0. The number of piperidine rings is 1. The lowest BCUT2D eigenvalue weighted by molar-refractivity contribution is -0.288. The molecule has 2 N–H and O–H groups in total. The van der Waals surface area contributed by atoms with Gasteiger partial charge in [0.15, 0.2) is 5.78 Å². The largest absolute Gasteiger partial charge is 0.480 e. The molecule has 3 atom stereocenters. The number of carboxylic acid groups (broad SMARTS) is 1. The molecule has 2 heterocycles. The summed E-state index contributed by atoms with van der Waals surface area (Å²) >= 11 is 0. The monoisotopic (exact) mass is 434 g/mol. The first-order valence-electron chi connectivity index (χ1n) is 9.82. The number of ketones is 1. The number of rotatable bonds is 6. The molecule has 5 nitrogen and oxygen atoms in total. The summed E-state index contributed by atoms with van der Waals surface area (Å²) in [6.07, 6.45) is -3.57. The molecule has 0 spiro atoms. The maximum atomic E-state index is 13.7. The minimum Gasteiger partial charge on any atom is -0.480 e. The fourth-order valence-corrected chi connectivity index (χ4v) is 4.22. The van der Waals surface area contributed by atoms with Crippen molar-refractivity contribution in [2.24, 2.45) is 0 Å². The molecule has 1 aromatic rings. The molecule has 1 aromatic carbocycles. The van der Waals surface area contributed by atoms with E-state index in [1.807, 2.05) is 0 Å². The Labute approximate surface area is 170 Å². The van der Waals surface area contributed by atoms with E-state index in [2.05, 4.69) is 5.32 Å². The van der Waals surface area contributed by atoms with E-state index < -0.39 is 42.7 Å². The number of carbonyl (C=O) groups is 2. The van der Waals surface area contributed by atoms with Gasteiger partial charge < -0.3 is 5.11 Å². The van der Waals surface area contributed by atoms with Gasteiger partial charge in [0.2, 0.25) is 0 Å². The van der Waals surface area contributed by atoms with Crippen molar-refractivity contribution in [1.29, 1.82) is 0 Å². The summed E-state index contributed by atoms with van der Waals surface area (Å²) in [6, 6.07) is 3.97. The molecule has 3 unspecified atom stereocenters. The molecule has 30 heavy (non-hydrogen) atoms. The number of likely N-dealkylation sites (tertiary alicyclic amines) is 1. The van der Waals surface area contributed by atoms with E-state index in [0.29, 0.717) is 31.2 Å². The summed E-state index contributed by atoms with van der Waals surface area (Å²) in [5, 5.41) is 11.9. The van der Waals surface area contributed by atoms with Crippen molar-refractivity contribution in [2.45, 2.75) is 62.3 Å². The molecule has 0 aromatic heterocycles. The van der Waals surface area contributed by atoms with Gasteiger partial charge >= 0.3 is 18.1 Å². The van der Waals surface area contributed by atoms with Gasteiger partial charge in [-0.25, -0.2) is 0 Å². The maximum Gasteiger partial charge on any atom is 0.454 e. The third-order valence-electron chi connectivity index (χ3n) is 5.78. The zero-order valence-electron chi connectivity index (χ0n) is 16.1. The van der Waals surface area contributed by atoms with Gasteiger partial charge in [-0.15, -0.1) is 0 Å². The summed E-state index contributed by atoms with van der Waals surface area (Å²) in [6.45, 7) is -1.39. The minimum atomic E-state index is -5.65. The number of benzene rings is 1. The first-order chi connectivity index (χ1) is 14.0. The Morgan fingerprint density at radius 2 is 1.70 bits per heavy atom. The highest BCUT2D eigenvalue weighted by Crippen LogP contribution is 2.40. The van der Waals surface area contributed by atoms with Crippen molar-refractivity contribution in [1.82, 2.24) is 10.2 Å². The Kier molecular flexibility index (Phi) is 6.47. The van der Waals surface area contributed by atoms with E-state index in [9.17, 15) is 31.5 Å². The van der Waals surface area contributed by atoms with Crippen LogP contribution in [-0.4, -0.2) is 59.0 Å². The standard InChI is InChI=1S/C20H23F5N2O3/c21-19(22,20(23,24)25)11-27-10-4-3-7-16(27)12-5-1-2-6-13(12)17(28)14-8-9-15(26-14)18(29)30/h1-2,5-6,14-16,26H,3-4,7-11H2,(H,29,30). The molecular formula is C20H23F5N2O3. The number of aliphatic carboxylic acids is 1. The van der Waals surface area contributed by atoms with E-state index in [0.717, 1.165) is 4.90 Å². The predicted molar refractivity (Wildman–Crippen MR) is 97.5 cm³/mol. The van der Waals surface area contributed by atoms with Gasteiger partial charge in [-0.1, -0.05) is 30.7 Å². The van der Waals surface area contributed by atoms with E-state index >= 15 is 0 Å². The molecule has 0 radical (unpaired) electrons. The molecule has 0 aliphatic carbocycles. The van der Waals surface area contributed by atoms with Crippen LogP contribution < -0.4 is 5.32 Å². The van der Waals surface area contributed by atoms with Crippen LogP contribution in [0.15, 0.2) is 24.3 Å². The smallest absolute Gasteiger partial charge is 0.454 e. The van der Waals surface area contributed by atoms with Gasteiger partial charge in [0.1, 0.15) is 6.04 Å². The van der Waals surface area contributed by atoms with Crippen LogP contribution in [0.25, 0.3) is 0 Å². The minimum absolute atomic E-state index is 0.0711. The van der Waals surface area contributed by atoms with Crippen LogP contribution in [0.1, 0.15) is 54.1 Å². The molecule has 0 amide bonds. The highest BCUT2D eigenvalue weighted by Gasteiger charge is 2.58. The fraction of sp³-hybridized carbons (Fsp3) is 0.600. The third-order valence-corrected chi connectivity index (χ3v) is 5.78. The number of hydrogen-bond acceptors (Lipinski definition) is 4. The molecule has 0 saturated carbocycles. The zero-order chi connectivity index (χ0) is 22.1. The molecule has 2 saturated heterocycles. The van der Waals surface area contributed by atoms with Crippen molar-refractivity contribution in [2.75, 3.05) is 13.1 Å². The second kappa shape index (κ2) is 8.58. The quantitative estimate of drug-likeness (QED) is 0.527. The fourth-order valence-electron chi connectivity index (χ4n) is 4.22. The summed E-state index contributed by atoms with van der Waals surface area (Å²) in [4.78, 5) is 25.3. The van der Waals surface area contributed by atoms with Crippen LogP contribution in [0.3, 0.4) is 0 Å². The van der Waals surface area contributed by atoms with Gasteiger partial charge in [0.05, 0.1) is 12.6 Å². The number of carbonyl (C=O) groups excluding carboxylic acids is 1. The number of Topliss-reactive ketones (excluding diaryl/α,β-unsaturated/α-hetero) is 1. The molecule has 166 valence electrons. The third kappa shape index (κ3) is 4.64. The van der Waals surface area contributed by atoms with Crippen LogP contribution in [0.4, 0.5) is 22.0 Å². The number of hydrogen-bond donors (Lipinski definition) is 2. The van der Waals surface area contributed by atoms with E-state index in [1.54, 1.807) is 18.2 Å². The number of halogens is 5. The van der Waals surface area contributed by atoms with Crippen LogP contribution in [0.5, 0.6) is 0 Å². The molecule has 2 fully saturated rings. The van der Waals surface area contributed by atoms with Crippen molar-refractivity contribution < 1.29 is 36.6 Å². The first kappa shape index (κ1) is 22.6. The van der Waals surface area contributed by atoms with Gasteiger partial charge in [0, 0.05) is 11.6 Å². The Balaban J connectivity index is 1.86. The van der Waals surface area contributed by atoms with Crippen molar-refractivity contribution in [3.05, 3.63) is 35.4 Å². The average Bonchev–Trinajstić information content (AvgIpc) is 3.17. The Morgan fingerprint density at radius 3 is 2.33 bits per heavy atom. The van der Waals surface area contributed by atoms with Crippen molar-refractivity contribution in [3.8, 4) is 0 Å². The summed E-state index contributed by atoms with van der Waals surface area (Å²) < 4.78 is 65.7. The number of alkyl halides is 5. The van der Waals surface area contributed by atoms with Crippen LogP contribution in [0, 0.1) is 0 Å². The molecule has 10 heteroatoms. The lowest BCUT2D eigenvalue weighted by atomic mass is 9.88. The van der Waals surface area contributed by atoms with Gasteiger partial charge in [-0.3, -0.25) is 19.8 Å². The second-order valence-electron chi connectivity index (χ2n) is 7.82. The SMILES string of the molecule is O=C(O)C1CCC(C(=O)c2ccccc2C2CCCCN2CC(F)(F)C(F)(F)F)N1. The average molecular weight is 434 g/mol. The topological polar surface area (TPSA) is 69.6 Å². The number of nitrogens with zero attached hydrogens (tertiary/aromatic N) is 1. The summed E-state index contributed by atoms with van der Waals surface area (Å²) in [5.41, 5.74) is 0.633. The highest BCUT2D eigenvalue weighted by molar-refractivity contribution is 6.02. The van der Waals surface area contributed by atoms with Crippen LogP contribution >= 0.6 is 0 Å². The molecule has 0 bridgehead atoms.